The molecule has 0 saturated carbocycles. The minimum absolute atomic E-state index is 0.146. The first-order chi connectivity index (χ1) is 7.78. The van der Waals surface area contributed by atoms with Gasteiger partial charge in [-0.2, -0.15) is 0 Å². The van der Waals surface area contributed by atoms with Crippen molar-refractivity contribution in [1.29, 1.82) is 0 Å². The molecular formula is C8H7ClN4OS2. The zero-order valence-corrected chi connectivity index (χ0v) is 10.4. The van der Waals surface area contributed by atoms with Gasteiger partial charge < -0.3 is 5.32 Å². The van der Waals surface area contributed by atoms with Crippen LogP contribution in [0.15, 0.2) is 10.9 Å². The van der Waals surface area contributed by atoms with Gasteiger partial charge in [0.15, 0.2) is 0 Å². The van der Waals surface area contributed by atoms with Crippen molar-refractivity contribution in [2.45, 2.75) is 12.3 Å². The lowest BCUT2D eigenvalue weighted by atomic mass is 10.4. The van der Waals surface area contributed by atoms with E-state index in [2.05, 4.69) is 20.5 Å². The maximum absolute atomic E-state index is 11.5. The van der Waals surface area contributed by atoms with Crippen molar-refractivity contribution in [2.24, 2.45) is 0 Å². The van der Waals surface area contributed by atoms with Gasteiger partial charge >= 0.3 is 0 Å². The van der Waals surface area contributed by atoms with E-state index in [0.717, 1.165) is 10.7 Å². The highest BCUT2D eigenvalue weighted by atomic mass is 35.5. The molecule has 8 heteroatoms. The molecule has 2 rings (SSSR count). The van der Waals surface area contributed by atoms with Crippen LogP contribution in [0.5, 0.6) is 0 Å². The summed E-state index contributed by atoms with van der Waals surface area (Å²) in [5.74, 6) is 0.223. The molecule has 1 N–H and O–H groups in total. The third kappa shape index (κ3) is 2.97. The standard InChI is InChI=1S/C8H7ClN4OS2/c9-2-5-3-15-7(11-5)1-6(14)12-8-13-10-4-16-8/h3-4H,1-2H2,(H,12,13,14). The highest BCUT2D eigenvalue weighted by Crippen LogP contribution is 2.13. The fraction of sp³-hybridized carbons (Fsp3) is 0.250. The molecule has 0 saturated heterocycles. The molecule has 0 spiro atoms. The monoisotopic (exact) mass is 274 g/mol. The first-order valence-electron chi connectivity index (χ1n) is 4.33. The van der Waals surface area contributed by atoms with E-state index in [1.54, 1.807) is 5.51 Å². The zero-order chi connectivity index (χ0) is 11.4. The SMILES string of the molecule is O=C(Cc1nc(CCl)cs1)Nc1nncs1. The summed E-state index contributed by atoms with van der Waals surface area (Å²) < 4.78 is 0. The highest BCUT2D eigenvalue weighted by molar-refractivity contribution is 7.13. The average Bonchev–Trinajstić information content (AvgIpc) is 2.89. The highest BCUT2D eigenvalue weighted by Gasteiger charge is 2.09. The smallest absolute Gasteiger partial charge is 0.233 e. The van der Waals surface area contributed by atoms with Gasteiger partial charge in [-0.3, -0.25) is 4.79 Å². The fourth-order valence-electron chi connectivity index (χ4n) is 1.02. The van der Waals surface area contributed by atoms with E-state index in [0.29, 0.717) is 11.0 Å². The van der Waals surface area contributed by atoms with Crippen LogP contribution in [-0.4, -0.2) is 21.1 Å². The number of alkyl halides is 1. The number of hydrogen-bond donors (Lipinski definition) is 1. The minimum atomic E-state index is -0.146. The predicted octanol–water partition coefficient (Wildman–Crippen LogP) is 1.91. The van der Waals surface area contributed by atoms with Crippen molar-refractivity contribution in [3.8, 4) is 0 Å². The summed E-state index contributed by atoms with van der Waals surface area (Å²) in [7, 11) is 0. The molecule has 0 unspecified atom stereocenters. The van der Waals surface area contributed by atoms with Crippen molar-refractivity contribution in [3.05, 3.63) is 21.6 Å². The number of carbonyl (C=O) groups is 1. The molecule has 2 aromatic rings. The van der Waals surface area contributed by atoms with E-state index in [-0.39, 0.29) is 12.3 Å². The number of halogens is 1. The lowest BCUT2D eigenvalue weighted by Gasteiger charge is -1.97. The number of hydrogen-bond acceptors (Lipinski definition) is 6. The Morgan fingerprint density at radius 2 is 2.38 bits per heavy atom. The number of carbonyl (C=O) groups excluding carboxylic acids is 1. The molecule has 0 aliphatic heterocycles. The van der Waals surface area contributed by atoms with Crippen molar-refractivity contribution in [2.75, 3.05) is 5.32 Å². The molecule has 0 bridgehead atoms. The van der Waals surface area contributed by atoms with Gasteiger partial charge in [0.05, 0.1) is 18.0 Å². The number of nitrogens with zero attached hydrogens (tertiary/aromatic N) is 3. The predicted molar refractivity (Wildman–Crippen MR) is 63.9 cm³/mol. The number of thiazole rings is 1. The Bertz CT molecular complexity index is 470. The number of nitrogens with one attached hydrogen (secondary N) is 1. The number of anilines is 1. The van der Waals surface area contributed by atoms with E-state index in [1.807, 2.05) is 5.38 Å². The van der Waals surface area contributed by atoms with Gasteiger partial charge in [0.1, 0.15) is 10.5 Å². The second-order valence-corrected chi connectivity index (χ2v) is 4.88. The normalized spacial score (nSPS) is 10.3. The third-order valence-corrected chi connectivity index (χ3v) is 3.43. The second-order valence-electron chi connectivity index (χ2n) is 2.84. The molecule has 2 heterocycles. The van der Waals surface area contributed by atoms with Crippen LogP contribution in [0.2, 0.25) is 0 Å². The molecule has 2 aromatic heterocycles. The largest absolute Gasteiger partial charge is 0.300 e. The van der Waals surface area contributed by atoms with Crippen LogP contribution in [0.25, 0.3) is 0 Å². The molecular weight excluding hydrogens is 268 g/mol. The van der Waals surface area contributed by atoms with Crippen LogP contribution >= 0.6 is 34.3 Å². The lowest BCUT2D eigenvalue weighted by molar-refractivity contribution is -0.115. The molecule has 1 amide bonds. The van der Waals surface area contributed by atoms with Crippen LogP contribution in [0.4, 0.5) is 5.13 Å². The van der Waals surface area contributed by atoms with Crippen LogP contribution < -0.4 is 5.32 Å². The summed E-state index contributed by atoms with van der Waals surface area (Å²) in [6.45, 7) is 0. The summed E-state index contributed by atoms with van der Waals surface area (Å²) in [5, 5.41) is 13.1. The first kappa shape index (κ1) is 11.4. The molecule has 0 radical (unpaired) electrons. The maximum atomic E-state index is 11.5. The molecule has 0 aliphatic carbocycles. The van der Waals surface area contributed by atoms with Gasteiger partial charge in [-0.05, 0) is 0 Å². The van der Waals surface area contributed by atoms with E-state index >= 15 is 0 Å². The summed E-state index contributed by atoms with van der Waals surface area (Å²) in [5.41, 5.74) is 2.36. The van der Waals surface area contributed by atoms with Gasteiger partial charge in [0.25, 0.3) is 0 Å². The van der Waals surface area contributed by atoms with Crippen LogP contribution in [0.1, 0.15) is 10.7 Å². The summed E-state index contributed by atoms with van der Waals surface area (Å²) >= 11 is 8.32. The summed E-state index contributed by atoms with van der Waals surface area (Å²) in [6.07, 6.45) is 0.237. The van der Waals surface area contributed by atoms with E-state index < -0.39 is 0 Å². The van der Waals surface area contributed by atoms with Gasteiger partial charge in [0, 0.05) is 5.38 Å². The maximum Gasteiger partial charge on any atom is 0.233 e. The molecule has 0 aliphatic rings. The molecule has 0 aromatic carbocycles. The molecule has 16 heavy (non-hydrogen) atoms. The number of aromatic nitrogens is 3. The number of amides is 1. The Hall–Kier alpha value is -1.05. The van der Waals surface area contributed by atoms with E-state index in [9.17, 15) is 4.79 Å². The Morgan fingerprint density at radius 3 is 3.00 bits per heavy atom. The molecule has 84 valence electrons. The molecule has 0 atom stereocenters. The van der Waals surface area contributed by atoms with Crippen molar-refractivity contribution >= 4 is 45.3 Å². The van der Waals surface area contributed by atoms with Crippen molar-refractivity contribution < 1.29 is 4.79 Å². The number of rotatable bonds is 4. The average molecular weight is 275 g/mol. The third-order valence-electron chi connectivity index (χ3n) is 1.65. The first-order valence-corrected chi connectivity index (χ1v) is 6.62. The molecule has 0 fully saturated rings. The van der Waals surface area contributed by atoms with Crippen LogP contribution in [-0.2, 0) is 17.1 Å². The Balaban J connectivity index is 1.92. The van der Waals surface area contributed by atoms with Gasteiger partial charge in [-0.15, -0.1) is 33.1 Å². The van der Waals surface area contributed by atoms with Crippen molar-refractivity contribution in [1.82, 2.24) is 15.2 Å². The van der Waals surface area contributed by atoms with Gasteiger partial charge in [-0.25, -0.2) is 4.98 Å². The van der Waals surface area contributed by atoms with Gasteiger partial charge in [0.2, 0.25) is 11.0 Å². The topological polar surface area (TPSA) is 67.8 Å². The van der Waals surface area contributed by atoms with Crippen LogP contribution in [0, 0.1) is 0 Å². The Kier molecular flexibility index (Phi) is 3.81. The van der Waals surface area contributed by atoms with Gasteiger partial charge in [-0.1, -0.05) is 11.3 Å². The van der Waals surface area contributed by atoms with E-state index in [1.165, 1.54) is 22.7 Å². The quantitative estimate of drug-likeness (QED) is 0.865. The van der Waals surface area contributed by atoms with E-state index in [4.69, 9.17) is 11.6 Å². The van der Waals surface area contributed by atoms with Crippen LogP contribution in [0.3, 0.4) is 0 Å². The molecule has 5 nitrogen and oxygen atoms in total. The minimum Gasteiger partial charge on any atom is -0.300 e. The summed E-state index contributed by atoms with van der Waals surface area (Å²) in [6, 6.07) is 0. The van der Waals surface area contributed by atoms with Crippen molar-refractivity contribution in [3.63, 3.8) is 0 Å². The Morgan fingerprint density at radius 1 is 1.50 bits per heavy atom. The second kappa shape index (κ2) is 5.33. The zero-order valence-electron chi connectivity index (χ0n) is 8.01. The lowest BCUT2D eigenvalue weighted by Crippen LogP contribution is -2.14. The fourth-order valence-corrected chi connectivity index (χ4v) is 2.50. The Labute approximate surface area is 105 Å². The summed E-state index contributed by atoms with van der Waals surface area (Å²) in [4.78, 5) is 15.7.